The van der Waals surface area contributed by atoms with E-state index in [1.165, 1.54) is 0 Å². The summed E-state index contributed by atoms with van der Waals surface area (Å²) in [7, 11) is -3.32. The number of nitrogen functional groups attached to an aromatic ring is 1. The van der Waals surface area contributed by atoms with Crippen molar-refractivity contribution in [3.63, 3.8) is 0 Å². The van der Waals surface area contributed by atoms with Gasteiger partial charge in [-0.2, -0.15) is 0 Å². The largest absolute Gasteiger partial charge is 0.493 e. The third-order valence-electron chi connectivity index (χ3n) is 2.93. The number of hydrogen-bond acceptors (Lipinski definition) is 4. The van der Waals surface area contributed by atoms with Crippen molar-refractivity contribution in [3.05, 3.63) is 54.1 Å². The minimum absolute atomic E-state index is 0.0533. The van der Waals surface area contributed by atoms with Gasteiger partial charge in [-0.1, -0.05) is 18.2 Å². The van der Waals surface area contributed by atoms with Gasteiger partial charge in [0.2, 0.25) is 0 Å². The Morgan fingerprint density at radius 3 is 2.35 bits per heavy atom. The molecule has 0 aliphatic rings. The van der Waals surface area contributed by atoms with Crippen LogP contribution in [0.15, 0.2) is 53.4 Å². The fourth-order valence-electron chi connectivity index (χ4n) is 1.85. The molecule has 0 aromatic heterocycles. The second kappa shape index (κ2) is 5.96. The van der Waals surface area contributed by atoms with E-state index in [0.29, 0.717) is 16.3 Å². The molecule has 0 spiro atoms. The zero-order chi connectivity index (χ0) is 14.6. The Hall–Kier alpha value is -2.01. The van der Waals surface area contributed by atoms with Gasteiger partial charge in [-0.25, -0.2) is 8.42 Å². The van der Waals surface area contributed by atoms with Crippen LogP contribution in [-0.4, -0.2) is 20.8 Å². The first-order chi connectivity index (χ1) is 9.49. The summed E-state index contributed by atoms with van der Waals surface area (Å²) in [6, 6.07) is 13.8. The lowest BCUT2D eigenvalue weighted by Crippen LogP contribution is -2.15. The van der Waals surface area contributed by atoms with E-state index < -0.39 is 9.84 Å². The maximum absolute atomic E-state index is 12.2. The molecule has 4 nitrogen and oxygen atoms in total. The highest BCUT2D eigenvalue weighted by Crippen LogP contribution is 2.17. The van der Waals surface area contributed by atoms with Gasteiger partial charge < -0.3 is 10.5 Å². The number of rotatable bonds is 5. The Labute approximate surface area is 119 Å². The first kappa shape index (κ1) is 14.4. The lowest BCUT2D eigenvalue weighted by molar-refractivity contribution is 0.341. The molecule has 0 amide bonds. The van der Waals surface area contributed by atoms with E-state index in [4.69, 9.17) is 10.5 Å². The van der Waals surface area contributed by atoms with Crippen LogP contribution in [0.4, 0.5) is 5.69 Å². The van der Waals surface area contributed by atoms with Crippen molar-refractivity contribution in [3.8, 4) is 5.75 Å². The van der Waals surface area contributed by atoms with Crippen molar-refractivity contribution in [2.75, 3.05) is 18.1 Å². The van der Waals surface area contributed by atoms with E-state index in [0.717, 1.165) is 5.56 Å². The van der Waals surface area contributed by atoms with Crippen molar-refractivity contribution in [1.29, 1.82) is 0 Å². The van der Waals surface area contributed by atoms with Gasteiger partial charge in [-0.3, -0.25) is 0 Å². The minimum Gasteiger partial charge on any atom is -0.493 e. The van der Waals surface area contributed by atoms with Crippen LogP contribution in [0.3, 0.4) is 0 Å². The highest BCUT2D eigenvalue weighted by atomic mass is 32.2. The number of sulfone groups is 1. The molecule has 2 aromatic rings. The highest BCUT2D eigenvalue weighted by molar-refractivity contribution is 7.91. The summed E-state index contributed by atoms with van der Waals surface area (Å²) in [5.74, 6) is 0.557. The Morgan fingerprint density at radius 2 is 1.70 bits per heavy atom. The molecular weight excluding hydrogens is 274 g/mol. The van der Waals surface area contributed by atoms with Crippen LogP contribution in [-0.2, 0) is 9.84 Å². The zero-order valence-electron chi connectivity index (χ0n) is 11.2. The van der Waals surface area contributed by atoms with Crippen molar-refractivity contribution in [2.24, 2.45) is 0 Å². The van der Waals surface area contributed by atoms with Crippen LogP contribution in [0.5, 0.6) is 5.75 Å². The third kappa shape index (κ3) is 3.51. The predicted octanol–water partition coefficient (Wildman–Crippen LogP) is 2.43. The number of nitrogens with two attached hydrogens (primary N) is 1. The first-order valence-electron chi connectivity index (χ1n) is 6.26. The van der Waals surface area contributed by atoms with E-state index in [9.17, 15) is 8.42 Å². The molecule has 0 atom stereocenters. The summed E-state index contributed by atoms with van der Waals surface area (Å²) in [5.41, 5.74) is 6.96. The van der Waals surface area contributed by atoms with Gasteiger partial charge in [-0.15, -0.1) is 0 Å². The Kier molecular flexibility index (Phi) is 4.29. The summed E-state index contributed by atoms with van der Waals surface area (Å²) in [6.45, 7) is 1.90. The number of hydrogen-bond donors (Lipinski definition) is 1. The molecule has 2 rings (SSSR count). The van der Waals surface area contributed by atoms with Crippen molar-refractivity contribution in [2.45, 2.75) is 11.8 Å². The summed E-state index contributed by atoms with van der Waals surface area (Å²) < 4.78 is 29.8. The third-order valence-corrected chi connectivity index (χ3v) is 4.76. The predicted molar refractivity (Wildman–Crippen MR) is 79.6 cm³/mol. The van der Waals surface area contributed by atoms with Crippen molar-refractivity contribution in [1.82, 2.24) is 0 Å². The van der Waals surface area contributed by atoms with Gasteiger partial charge in [-0.05, 0) is 42.8 Å². The van der Waals surface area contributed by atoms with Crippen molar-refractivity contribution >= 4 is 15.5 Å². The second-order valence-electron chi connectivity index (χ2n) is 4.50. The van der Waals surface area contributed by atoms with Crippen LogP contribution in [0.2, 0.25) is 0 Å². The molecular formula is C15H17NO3S. The molecule has 106 valence electrons. The maximum atomic E-state index is 12.2. The summed E-state index contributed by atoms with van der Waals surface area (Å²) in [6.07, 6.45) is 0. The monoisotopic (exact) mass is 291 g/mol. The standard InChI is InChI=1S/C15H17NO3S/c1-12-4-2-3-5-15(12)20(17,18)11-10-19-14-8-6-13(16)7-9-14/h2-9H,10-11,16H2,1H3. The minimum atomic E-state index is -3.32. The molecule has 2 aromatic carbocycles. The number of anilines is 1. The average Bonchev–Trinajstić information content (AvgIpc) is 2.41. The van der Waals surface area contributed by atoms with Gasteiger partial charge >= 0.3 is 0 Å². The fraction of sp³-hybridized carbons (Fsp3) is 0.200. The van der Waals surface area contributed by atoms with Gasteiger partial charge in [0.15, 0.2) is 9.84 Å². The van der Waals surface area contributed by atoms with Crippen LogP contribution in [0.25, 0.3) is 0 Å². The zero-order valence-corrected chi connectivity index (χ0v) is 12.1. The molecule has 0 aliphatic carbocycles. The molecule has 0 heterocycles. The van der Waals surface area contributed by atoms with E-state index >= 15 is 0 Å². The number of ether oxygens (including phenoxy) is 1. The van der Waals surface area contributed by atoms with Gasteiger partial charge in [0.1, 0.15) is 12.4 Å². The summed E-state index contributed by atoms with van der Waals surface area (Å²) in [5, 5.41) is 0. The van der Waals surface area contributed by atoms with Gasteiger partial charge in [0.25, 0.3) is 0 Å². The Bertz CT molecular complexity index is 679. The average molecular weight is 291 g/mol. The molecule has 0 radical (unpaired) electrons. The number of benzene rings is 2. The molecule has 0 bridgehead atoms. The number of aryl methyl sites for hydroxylation is 1. The first-order valence-corrected chi connectivity index (χ1v) is 7.91. The molecule has 2 N–H and O–H groups in total. The molecule has 20 heavy (non-hydrogen) atoms. The lowest BCUT2D eigenvalue weighted by atomic mass is 10.2. The van der Waals surface area contributed by atoms with Crippen molar-refractivity contribution < 1.29 is 13.2 Å². The smallest absolute Gasteiger partial charge is 0.181 e. The summed E-state index contributed by atoms with van der Waals surface area (Å²) in [4.78, 5) is 0.362. The molecule has 0 aliphatic heterocycles. The van der Waals surface area contributed by atoms with E-state index in [1.807, 2.05) is 6.07 Å². The molecule has 5 heteroatoms. The topological polar surface area (TPSA) is 69.4 Å². The summed E-state index contributed by atoms with van der Waals surface area (Å²) >= 11 is 0. The van der Waals surface area contributed by atoms with Gasteiger partial charge in [0, 0.05) is 5.69 Å². The van der Waals surface area contributed by atoms with Crippen LogP contribution in [0.1, 0.15) is 5.56 Å². The van der Waals surface area contributed by atoms with Crippen LogP contribution < -0.4 is 10.5 Å². The van der Waals surface area contributed by atoms with E-state index in [-0.39, 0.29) is 12.4 Å². The van der Waals surface area contributed by atoms with Crippen LogP contribution in [0, 0.1) is 6.92 Å². The molecule has 0 saturated carbocycles. The Morgan fingerprint density at radius 1 is 1.05 bits per heavy atom. The normalized spacial score (nSPS) is 11.2. The molecule has 0 fully saturated rings. The highest BCUT2D eigenvalue weighted by Gasteiger charge is 2.16. The van der Waals surface area contributed by atoms with E-state index in [2.05, 4.69) is 0 Å². The lowest BCUT2D eigenvalue weighted by Gasteiger charge is -2.09. The molecule has 0 unspecified atom stereocenters. The van der Waals surface area contributed by atoms with E-state index in [1.54, 1.807) is 49.4 Å². The van der Waals surface area contributed by atoms with Crippen LogP contribution >= 0.6 is 0 Å². The molecule has 0 saturated heterocycles. The SMILES string of the molecule is Cc1ccccc1S(=O)(=O)CCOc1ccc(N)cc1. The Balaban J connectivity index is 2.00. The quantitative estimate of drug-likeness (QED) is 0.859. The fourth-order valence-corrected chi connectivity index (χ4v) is 3.22. The maximum Gasteiger partial charge on any atom is 0.181 e. The second-order valence-corrected chi connectivity index (χ2v) is 6.58. The van der Waals surface area contributed by atoms with Gasteiger partial charge in [0.05, 0.1) is 10.6 Å².